The Hall–Kier alpha value is -2.80. The van der Waals surface area contributed by atoms with Crippen LogP contribution < -0.4 is 5.32 Å². The summed E-state index contributed by atoms with van der Waals surface area (Å²) in [7, 11) is 0. The van der Waals surface area contributed by atoms with Crippen LogP contribution >= 0.6 is 11.8 Å². The normalized spacial score (nSPS) is 22.7. The minimum Gasteiger partial charge on any atom is -0.324 e. The van der Waals surface area contributed by atoms with Crippen LogP contribution in [0.25, 0.3) is 11.0 Å². The topological polar surface area (TPSA) is 78.1 Å². The molecule has 0 spiro atoms. The zero-order chi connectivity index (χ0) is 18.8. The van der Waals surface area contributed by atoms with E-state index in [9.17, 15) is 9.59 Å². The Labute approximate surface area is 160 Å². The fraction of sp³-hybridized carbons (Fsp3) is 0.250. The highest BCUT2D eigenvalue weighted by Gasteiger charge is 2.57. The van der Waals surface area contributed by atoms with E-state index in [1.54, 1.807) is 16.7 Å². The fourth-order valence-corrected chi connectivity index (χ4v) is 5.59. The van der Waals surface area contributed by atoms with Gasteiger partial charge in [0, 0.05) is 10.3 Å². The van der Waals surface area contributed by atoms with E-state index in [0.717, 1.165) is 16.6 Å². The molecular weight excluding hydrogens is 360 g/mol. The summed E-state index contributed by atoms with van der Waals surface area (Å²) >= 11 is 1.65. The van der Waals surface area contributed by atoms with Gasteiger partial charge in [0.15, 0.2) is 0 Å². The van der Waals surface area contributed by atoms with Gasteiger partial charge < -0.3 is 9.88 Å². The maximum absolute atomic E-state index is 13.2. The number of fused-ring (bicyclic) bond motifs is 4. The van der Waals surface area contributed by atoms with Crippen molar-refractivity contribution in [1.29, 1.82) is 0 Å². The van der Waals surface area contributed by atoms with Gasteiger partial charge in [-0.2, -0.15) is 0 Å². The van der Waals surface area contributed by atoms with Crippen molar-refractivity contribution >= 4 is 40.6 Å². The molecule has 0 unspecified atom stereocenters. The van der Waals surface area contributed by atoms with E-state index in [1.165, 1.54) is 0 Å². The number of amides is 2. The molecule has 2 aliphatic heterocycles. The number of imidazole rings is 1. The zero-order valence-corrected chi connectivity index (χ0v) is 15.7. The molecule has 1 aromatic heterocycles. The highest BCUT2D eigenvalue weighted by Crippen LogP contribution is 2.56. The summed E-state index contributed by atoms with van der Waals surface area (Å²) in [6, 6.07) is 14.6. The second-order valence-electron chi connectivity index (χ2n) is 7.37. The Morgan fingerprint density at radius 3 is 2.74 bits per heavy atom. The first-order chi connectivity index (χ1) is 13.0. The van der Waals surface area contributed by atoms with Crippen LogP contribution in [0.4, 0.5) is 5.95 Å². The summed E-state index contributed by atoms with van der Waals surface area (Å²) < 4.78 is -0.413. The fourth-order valence-electron chi connectivity index (χ4n) is 4.00. The predicted octanol–water partition coefficient (Wildman–Crippen LogP) is 3.55. The van der Waals surface area contributed by atoms with Crippen molar-refractivity contribution in [3.05, 3.63) is 59.7 Å². The van der Waals surface area contributed by atoms with E-state index in [-0.39, 0.29) is 17.2 Å². The third kappa shape index (κ3) is 2.38. The van der Waals surface area contributed by atoms with Gasteiger partial charge in [0.1, 0.15) is 11.4 Å². The third-order valence-electron chi connectivity index (χ3n) is 5.18. The number of hydrogen-bond acceptors (Lipinski definition) is 4. The number of benzene rings is 2. The highest BCUT2D eigenvalue weighted by atomic mass is 32.2. The number of nitrogens with one attached hydrogen (secondary N) is 2. The maximum Gasteiger partial charge on any atom is 0.256 e. The van der Waals surface area contributed by atoms with Crippen LogP contribution in [0.2, 0.25) is 0 Å². The zero-order valence-electron chi connectivity index (χ0n) is 14.9. The van der Waals surface area contributed by atoms with Crippen LogP contribution in [0.3, 0.4) is 0 Å². The van der Waals surface area contributed by atoms with E-state index < -0.39 is 10.8 Å². The number of carbonyl (C=O) groups is 2. The molecule has 27 heavy (non-hydrogen) atoms. The summed E-state index contributed by atoms with van der Waals surface area (Å²) in [5.74, 6) is 0.0863. The number of para-hydroxylation sites is 2. The van der Waals surface area contributed by atoms with Crippen molar-refractivity contribution in [2.75, 3.05) is 5.32 Å². The lowest BCUT2D eigenvalue weighted by atomic mass is 10.0. The second kappa shape index (κ2) is 5.60. The highest BCUT2D eigenvalue weighted by molar-refractivity contribution is 8.01. The number of aromatic amines is 1. The average molecular weight is 378 g/mol. The molecule has 7 heteroatoms. The maximum atomic E-state index is 13.2. The lowest BCUT2D eigenvalue weighted by molar-refractivity contribution is -0.121. The molecule has 136 valence electrons. The van der Waals surface area contributed by atoms with Gasteiger partial charge in [-0.25, -0.2) is 4.98 Å². The number of hydrogen-bond donors (Lipinski definition) is 2. The molecule has 2 amide bonds. The molecule has 5 rings (SSSR count). The molecule has 0 radical (unpaired) electrons. The summed E-state index contributed by atoms with van der Waals surface area (Å²) in [4.78, 5) is 35.4. The van der Waals surface area contributed by atoms with Crippen molar-refractivity contribution in [2.24, 2.45) is 0 Å². The van der Waals surface area contributed by atoms with Gasteiger partial charge >= 0.3 is 0 Å². The number of H-pyrrole nitrogens is 1. The van der Waals surface area contributed by atoms with Gasteiger partial charge in [-0.15, -0.1) is 11.8 Å². The molecule has 3 aromatic rings. The first-order valence-corrected chi connectivity index (χ1v) is 9.69. The Morgan fingerprint density at radius 2 is 1.93 bits per heavy atom. The van der Waals surface area contributed by atoms with Crippen molar-refractivity contribution in [3.8, 4) is 0 Å². The van der Waals surface area contributed by atoms with E-state index in [4.69, 9.17) is 0 Å². The minimum atomic E-state index is -0.583. The number of anilines is 1. The molecule has 1 saturated heterocycles. The monoisotopic (exact) mass is 378 g/mol. The Kier molecular flexibility index (Phi) is 3.40. The molecular formula is C20H18N4O2S. The molecule has 3 heterocycles. The van der Waals surface area contributed by atoms with Crippen molar-refractivity contribution in [2.45, 2.75) is 30.0 Å². The Balaban J connectivity index is 1.48. The van der Waals surface area contributed by atoms with Crippen LogP contribution in [-0.2, 0) is 4.79 Å². The lowest BCUT2D eigenvalue weighted by Gasteiger charge is -2.29. The van der Waals surface area contributed by atoms with Gasteiger partial charge in [0.2, 0.25) is 5.95 Å². The minimum absolute atomic E-state index is 0.0848. The van der Waals surface area contributed by atoms with Crippen molar-refractivity contribution in [1.82, 2.24) is 14.9 Å². The number of nitrogens with zero attached hydrogens (tertiary/aromatic N) is 2. The van der Waals surface area contributed by atoms with Crippen molar-refractivity contribution in [3.63, 3.8) is 0 Å². The van der Waals surface area contributed by atoms with Crippen LogP contribution in [0.1, 0.15) is 35.1 Å². The van der Waals surface area contributed by atoms with E-state index >= 15 is 0 Å². The SMILES string of the molecule is CC1(C)S[C@@H]2c3ccccc3C(=O)N2[C@@H]1C(=O)Nc1nc2ccccc2[nH]1. The summed E-state index contributed by atoms with van der Waals surface area (Å²) in [5.41, 5.74) is 3.32. The Morgan fingerprint density at radius 1 is 1.19 bits per heavy atom. The van der Waals surface area contributed by atoms with Gasteiger partial charge in [-0.3, -0.25) is 14.9 Å². The third-order valence-corrected chi connectivity index (χ3v) is 6.71. The van der Waals surface area contributed by atoms with Gasteiger partial charge in [-0.1, -0.05) is 30.3 Å². The molecule has 2 aromatic carbocycles. The summed E-state index contributed by atoms with van der Waals surface area (Å²) in [5, 5.41) is 2.75. The number of rotatable bonds is 2. The number of aromatic nitrogens is 2. The largest absolute Gasteiger partial charge is 0.324 e. The molecule has 0 saturated carbocycles. The van der Waals surface area contributed by atoms with E-state index in [1.807, 2.05) is 62.4 Å². The summed E-state index contributed by atoms with van der Waals surface area (Å²) in [6.07, 6.45) is 0. The molecule has 2 N–H and O–H groups in total. The number of thioether (sulfide) groups is 1. The molecule has 2 atom stereocenters. The van der Waals surface area contributed by atoms with Gasteiger partial charge in [-0.05, 0) is 37.6 Å². The molecule has 1 fully saturated rings. The molecule has 0 aliphatic carbocycles. The van der Waals surface area contributed by atoms with E-state index in [2.05, 4.69) is 15.3 Å². The van der Waals surface area contributed by atoms with E-state index in [0.29, 0.717) is 11.5 Å². The first kappa shape index (κ1) is 16.4. The second-order valence-corrected chi connectivity index (χ2v) is 9.10. The van der Waals surface area contributed by atoms with Crippen LogP contribution in [-0.4, -0.2) is 37.5 Å². The molecule has 6 nitrogen and oxygen atoms in total. The smallest absolute Gasteiger partial charge is 0.256 e. The quantitative estimate of drug-likeness (QED) is 0.715. The average Bonchev–Trinajstić information content (AvgIpc) is 3.25. The number of carbonyl (C=O) groups excluding carboxylic acids is 2. The molecule has 0 bridgehead atoms. The molecule has 2 aliphatic rings. The lowest BCUT2D eigenvalue weighted by Crippen LogP contribution is -2.50. The first-order valence-electron chi connectivity index (χ1n) is 8.81. The van der Waals surface area contributed by atoms with Gasteiger partial charge in [0.25, 0.3) is 11.8 Å². The Bertz CT molecular complexity index is 1060. The van der Waals surface area contributed by atoms with Crippen LogP contribution in [0, 0.1) is 0 Å². The predicted molar refractivity (Wildman–Crippen MR) is 106 cm³/mol. The standard InChI is InChI=1S/C20H18N4O2S/c1-20(2)15(16(25)23-19-21-13-9-5-6-10-14(13)22-19)24-17(26)11-7-3-4-8-12(11)18(24)27-20/h3-10,15,18H,1-2H3,(H2,21,22,23,25)/t15-,18-/m1/s1. The van der Waals surface area contributed by atoms with Crippen LogP contribution in [0.5, 0.6) is 0 Å². The van der Waals surface area contributed by atoms with Crippen molar-refractivity contribution < 1.29 is 9.59 Å². The van der Waals surface area contributed by atoms with Crippen LogP contribution in [0.15, 0.2) is 48.5 Å². The summed E-state index contributed by atoms with van der Waals surface area (Å²) in [6.45, 7) is 4.02. The van der Waals surface area contributed by atoms with Gasteiger partial charge in [0.05, 0.1) is 11.0 Å².